The first-order valence-electron chi connectivity index (χ1n) is 6.39. The lowest BCUT2D eigenvalue weighted by atomic mass is 10.1. The molecule has 2 N–H and O–H groups in total. The number of hydrogen-bond donors (Lipinski definition) is 2. The first-order valence-corrected chi connectivity index (χ1v) is 6.39. The highest BCUT2D eigenvalue weighted by molar-refractivity contribution is 5.94. The summed E-state index contributed by atoms with van der Waals surface area (Å²) in [7, 11) is 0. The van der Waals surface area contributed by atoms with Crippen molar-refractivity contribution >= 4 is 18.0 Å². The van der Waals surface area contributed by atoms with Gasteiger partial charge >= 0.3 is 5.97 Å². The summed E-state index contributed by atoms with van der Waals surface area (Å²) in [6.45, 7) is 1.05. The first kappa shape index (κ1) is 14.2. The maximum Gasteiger partial charge on any atom is 0.328 e. The van der Waals surface area contributed by atoms with E-state index in [0.717, 1.165) is 6.08 Å². The number of carbonyl (C=O) groups excluding carboxylic acids is 1. The Morgan fingerprint density at radius 1 is 1.30 bits per heavy atom. The number of aliphatic hydroxyl groups is 1. The summed E-state index contributed by atoms with van der Waals surface area (Å²) >= 11 is 0. The Morgan fingerprint density at radius 2 is 2.00 bits per heavy atom. The molecule has 0 spiro atoms. The van der Waals surface area contributed by atoms with Crippen LogP contribution >= 0.6 is 0 Å². The summed E-state index contributed by atoms with van der Waals surface area (Å²) in [6, 6.07) is 1.61. The molecule has 0 saturated carbocycles. The van der Waals surface area contributed by atoms with Gasteiger partial charge in [-0.25, -0.2) is 4.79 Å². The Balaban J connectivity index is 2.10. The molecule has 0 radical (unpaired) electrons. The third-order valence-electron chi connectivity index (χ3n) is 3.18. The largest absolute Gasteiger partial charge is 0.478 e. The highest BCUT2D eigenvalue weighted by Gasteiger charge is 2.22. The van der Waals surface area contributed by atoms with Crippen molar-refractivity contribution < 1.29 is 19.8 Å². The van der Waals surface area contributed by atoms with Gasteiger partial charge in [0, 0.05) is 31.6 Å². The molecule has 1 fully saturated rings. The third-order valence-corrected chi connectivity index (χ3v) is 3.18. The Kier molecular flexibility index (Phi) is 4.47. The van der Waals surface area contributed by atoms with Crippen molar-refractivity contribution in [2.75, 3.05) is 13.1 Å². The van der Waals surface area contributed by atoms with Gasteiger partial charge in [0.1, 0.15) is 0 Å². The van der Waals surface area contributed by atoms with Crippen LogP contribution in [-0.2, 0) is 4.79 Å². The Labute approximate surface area is 116 Å². The van der Waals surface area contributed by atoms with Gasteiger partial charge in [0.05, 0.1) is 11.7 Å². The van der Waals surface area contributed by atoms with Gasteiger partial charge in [-0.2, -0.15) is 0 Å². The second-order valence-electron chi connectivity index (χ2n) is 4.70. The van der Waals surface area contributed by atoms with Crippen LogP contribution in [0.5, 0.6) is 0 Å². The van der Waals surface area contributed by atoms with E-state index in [1.807, 2.05) is 0 Å². The van der Waals surface area contributed by atoms with Gasteiger partial charge in [0.15, 0.2) is 0 Å². The second-order valence-corrected chi connectivity index (χ2v) is 4.70. The number of carbonyl (C=O) groups is 2. The fraction of sp³-hybridized carbons (Fsp3) is 0.357. The van der Waals surface area contributed by atoms with Crippen LogP contribution in [-0.4, -0.2) is 51.2 Å². The zero-order valence-corrected chi connectivity index (χ0v) is 10.9. The number of carboxylic acids is 1. The van der Waals surface area contributed by atoms with E-state index in [1.165, 1.54) is 18.5 Å². The van der Waals surface area contributed by atoms with Crippen LogP contribution in [0.4, 0.5) is 0 Å². The van der Waals surface area contributed by atoms with Crippen molar-refractivity contribution in [2.24, 2.45) is 0 Å². The number of rotatable bonds is 3. The van der Waals surface area contributed by atoms with E-state index in [2.05, 4.69) is 4.98 Å². The van der Waals surface area contributed by atoms with Gasteiger partial charge in [0.2, 0.25) is 0 Å². The molecule has 1 aromatic heterocycles. The molecular weight excluding hydrogens is 260 g/mol. The molecule has 0 unspecified atom stereocenters. The van der Waals surface area contributed by atoms with Crippen molar-refractivity contribution in [3.63, 3.8) is 0 Å². The molecule has 1 aliphatic rings. The molecule has 2 rings (SSSR count). The maximum atomic E-state index is 12.3. The summed E-state index contributed by atoms with van der Waals surface area (Å²) in [4.78, 5) is 28.4. The Hall–Kier alpha value is -2.21. The smallest absolute Gasteiger partial charge is 0.328 e. The number of carboxylic acid groups (broad SMARTS) is 1. The summed E-state index contributed by atoms with van der Waals surface area (Å²) in [5.74, 6) is -1.19. The highest BCUT2D eigenvalue weighted by Crippen LogP contribution is 2.14. The molecule has 1 amide bonds. The van der Waals surface area contributed by atoms with Crippen LogP contribution in [0.2, 0.25) is 0 Å². The quantitative estimate of drug-likeness (QED) is 0.796. The molecular formula is C14H16N2O4. The van der Waals surface area contributed by atoms with Crippen LogP contribution in [0, 0.1) is 0 Å². The molecule has 20 heavy (non-hydrogen) atoms. The molecule has 6 nitrogen and oxygen atoms in total. The maximum absolute atomic E-state index is 12.3. The monoisotopic (exact) mass is 276 g/mol. The summed E-state index contributed by atoms with van der Waals surface area (Å²) in [5, 5.41) is 18.0. The van der Waals surface area contributed by atoms with Crippen LogP contribution in [0.1, 0.15) is 28.8 Å². The normalized spacial score (nSPS) is 16.6. The zero-order valence-electron chi connectivity index (χ0n) is 10.9. The minimum Gasteiger partial charge on any atom is -0.478 e. The average Bonchev–Trinajstić information content (AvgIpc) is 2.45. The van der Waals surface area contributed by atoms with E-state index in [-0.39, 0.29) is 12.0 Å². The van der Waals surface area contributed by atoms with Gasteiger partial charge < -0.3 is 15.1 Å². The lowest BCUT2D eigenvalue weighted by molar-refractivity contribution is -0.131. The molecule has 2 heterocycles. The first-order chi connectivity index (χ1) is 9.56. The number of aliphatic hydroxyl groups excluding tert-OH is 1. The predicted molar refractivity (Wildman–Crippen MR) is 72.1 cm³/mol. The number of pyridine rings is 1. The number of aliphatic carboxylic acids is 1. The molecule has 0 bridgehead atoms. The van der Waals surface area contributed by atoms with Crippen LogP contribution in [0.3, 0.4) is 0 Å². The van der Waals surface area contributed by atoms with Crippen molar-refractivity contribution in [1.29, 1.82) is 0 Å². The number of likely N-dealkylation sites (tertiary alicyclic amines) is 1. The van der Waals surface area contributed by atoms with Crippen molar-refractivity contribution in [3.8, 4) is 0 Å². The number of nitrogens with zero attached hydrogens (tertiary/aromatic N) is 2. The molecule has 0 atom stereocenters. The van der Waals surface area contributed by atoms with Gasteiger partial charge in [-0.3, -0.25) is 9.78 Å². The van der Waals surface area contributed by atoms with Gasteiger partial charge in [-0.15, -0.1) is 0 Å². The summed E-state index contributed by atoms with van der Waals surface area (Å²) in [6.07, 6.45) is 6.19. The molecule has 1 saturated heterocycles. The van der Waals surface area contributed by atoms with E-state index in [1.54, 1.807) is 11.0 Å². The van der Waals surface area contributed by atoms with Crippen molar-refractivity contribution in [3.05, 3.63) is 35.7 Å². The standard InChI is InChI=1S/C14H16N2O4/c17-12-3-5-16(6-4-12)14(20)11-7-10(8-15-9-11)1-2-13(18)19/h1-2,7-9,12,17H,3-6H2,(H,18,19). The van der Waals surface area contributed by atoms with E-state index in [9.17, 15) is 14.7 Å². The third kappa shape index (κ3) is 3.64. The predicted octanol–water partition coefficient (Wildman–Crippen LogP) is 0.776. The topological polar surface area (TPSA) is 90.7 Å². The van der Waals surface area contributed by atoms with Gasteiger partial charge in [-0.1, -0.05) is 0 Å². The minimum atomic E-state index is -1.05. The van der Waals surface area contributed by atoms with E-state index in [0.29, 0.717) is 37.1 Å². The fourth-order valence-corrected chi connectivity index (χ4v) is 2.08. The van der Waals surface area contributed by atoms with Gasteiger partial charge in [-0.05, 0) is 30.5 Å². The highest BCUT2D eigenvalue weighted by atomic mass is 16.4. The van der Waals surface area contributed by atoms with Gasteiger partial charge in [0.25, 0.3) is 5.91 Å². The van der Waals surface area contributed by atoms with Crippen molar-refractivity contribution in [2.45, 2.75) is 18.9 Å². The van der Waals surface area contributed by atoms with Crippen LogP contribution in [0.15, 0.2) is 24.5 Å². The lowest BCUT2D eigenvalue weighted by Crippen LogP contribution is -2.40. The number of aromatic nitrogens is 1. The fourth-order valence-electron chi connectivity index (χ4n) is 2.08. The van der Waals surface area contributed by atoms with E-state index in [4.69, 9.17) is 5.11 Å². The Morgan fingerprint density at radius 3 is 2.65 bits per heavy atom. The molecule has 0 aliphatic carbocycles. The molecule has 0 aromatic carbocycles. The van der Waals surface area contributed by atoms with E-state index >= 15 is 0 Å². The van der Waals surface area contributed by atoms with Crippen molar-refractivity contribution in [1.82, 2.24) is 9.88 Å². The molecule has 1 aliphatic heterocycles. The van der Waals surface area contributed by atoms with Crippen LogP contribution in [0.25, 0.3) is 6.08 Å². The molecule has 1 aromatic rings. The number of amides is 1. The minimum absolute atomic E-state index is 0.144. The molecule has 6 heteroatoms. The number of hydrogen-bond acceptors (Lipinski definition) is 4. The van der Waals surface area contributed by atoms with Crippen LogP contribution < -0.4 is 0 Å². The summed E-state index contributed by atoms with van der Waals surface area (Å²) in [5.41, 5.74) is 0.990. The lowest BCUT2D eigenvalue weighted by Gasteiger charge is -2.29. The van der Waals surface area contributed by atoms with E-state index < -0.39 is 5.97 Å². The summed E-state index contributed by atoms with van der Waals surface area (Å²) < 4.78 is 0. The SMILES string of the molecule is O=C(O)C=Cc1cncc(C(=O)N2CCC(O)CC2)c1. The zero-order chi connectivity index (χ0) is 14.5. The average molecular weight is 276 g/mol. The second kappa shape index (κ2) is 6.29. The Bertz CT molecular complexity index is 534. The molecule has 106 valence electrons. The number of piperidine rings is 1.